The molecular weight excluding hydrogens is 254 g/mol. The molecule has 104 valence electrons. The van der Waals surface area contributed by atoms with Gasteiger partial charge in [0.25, 0.3) is 0 Å². The Hall–Kier alpha value is -2.37. The highest BCUT2D eigenvalue weighted by Gasteiger charge is 2.21. The van der Waals surface area contributed by atoms with Gasteiger partial charge in [-0.3, -0.25) is 4.79 Å². The third-order valence-corrected chi connectivity index (χ3v) is 3.52. The molecule has 1 amide bonds. The number of rotatable bonds is 3. The normalized spacial score (nSPS) is 15.4. The molecule has 1 aliphatic heterocycles. The zero-order valence-electron chi connectivity index (χ0n) is 11.2. The van der Waals surface area contributed by atoms with Crippen LogP contribution in [-0.4, -0.2) is 51.8 Å². The molecule has 2 heterocycles. The highest BCUT2D eigenvalue weighted by molar-refractivity contribution is 5.76. The molecule has 0 aliphatic carbocycles. The second-order valence-electron chi connectivity index (χ2n) is 4.80. The molecule has 0 radical (unpaired) electrons. The first kappa shape index (κ1) is 12.7. The molecule has 6 nitrogen and oxygen atoms in total. The average Bonchev–Trinajstić information content (AvgIpc) is 3.01. The van der Waals surface area contributed by atoms with Crippen LogP contribution in [0.1, 0.15) is 0 Å². The van der Waals surface area contributed by atoms with Gasteiger partial charge < -0.3 is 9.80 Å². The maximum Gasteiger partial charge on any atom is 0.244 e. The van der Waals surface area contributed by atoms with Gasteiger partial charge in [0.2, 0.25) is 5.91 Å². The maximum atomic E-state index is 12.1. The number of anilines is 1. The van der Waals surface area contributed by atoms with Crippen molar-refractivity contribution in [1.82, 2.24) is 19.7 Å². The van der Waals surface area contributed by atoms with Gasteiger partial charge in [-0.15, -0.1) is 0 Å². The second-order valence-corrected chi connectivity index (χ2v) is 4.80. The van der Waals surface area contributed by atoms with E-state index in [9.17, 15) is 4.79 Å². The lowest BCUT2D eigenvalue weighted by molar-refractivity contribution is -0.132. The van der Waals surface area contributed by atoms with Crippen LogP contribution < -0.4 is 4.90 Å². The van der Waals surface area contributed by atoms with E-state index in [4.69, 9.17) is 0 Å². The van der Waals surface area contributed by atoms with Crippen molar-refractivity contribution in [1.29, 1.82) is 0 Å². The standard InChI is InChI=1S/C14H17N5O/c20-14(10-19-12-15-11-16-19)18-8-6-17(7-9-18)13-4-2-1-3-5-13/h1-5,11-12H,6-10H2. The molecular formula is C14H17N5O. The van der Waals surface area contributed by atoms with Crippen molar-refractivity contribution in [2.24, 2.45) is 0 Å². The van der Waals surface area contributed by atoms with Crippen LogP contribution in [0.25, 0.3) is 0 Å². The van der Waals surface area contributed by atoms with E-state index < -0.39 is 0 Å². The first-order chi connectivity index (χ1) is 9.83. The summed E-state index contributed by atoms with van der Waals surface area (Å²) in [6.45, 7) is 3.51. The summed E-state index contributed by atoms with van der Waals surface area (Å²) >= 11 is 0. The number of hydrogen-bond donors (Lipinski definition) is 0. The molecule has 0 bridgehead atoms. The summed E-state index contributed by atoms with van der Waals surface area (Å²) in [7, 11) is 0. The van der Waals surface area contributed by atoms with Crippen molar-refractivity contribution in [3.63, 3.8) is 0 Å². The molecule has 0 atom stereocenters. The van der Waals surface area contributed by atoms with Crippen LogP contribution in [-0.2, 0) is 11.3 Å². The van der Waals surface area contributed by atoms with E-state index in [2.05, 4.69) is 27.1 Å². The van der Waals surface area contributed by atoms with Gasteiger partial charge in [-0.1, -0.05) is 18.2 Å². The van der Waals surface area contributed by atoms with Gasteiger partial charge in [0.1, 0.15) is 19.2 Å². The van der Waals surface area contributed by atoms with Crippen LogP contribution in [0.15, 0.2) is 43.0 Å². The first-order valence-corrected chi connectivity index (χ1v) is 6.73. The number of aromatic nitrogens is 3. The summed E-state index contributed by atoms with van der Waals surface area (Å²) in [6, 6.07) is 10.3. The molecule has 6 heteroatoms. The highest BCUT2D eigenvalue weighted by Crippen LogP contribution is 2.15. The predicted octanol–water partition coefficient (Wildman–Crippen LogP) is 0.627. The minimum Gasteiger partial charge on any atom is -0.368 e. The number of benzene rings is 1. The summed E-state index contributed by atoms with van der Waals surface area (Å²) in [6.07, 6.45) is 3.01. The topological polar surface area (TPSA) is 54.3 Å². The van der Waals surface area contributed by atoms with Crippen LogP contribution >= 0.6 is 0 Å². The lowest BCUT2D eigenvalue weighted by Gasteiger charge is -2.36. The van der Waals surface area contributed by atoms with Gasteiger partial charge in [0.05, 0.1) is 0 Å². The maximum absolute atomic E-state index is 12.1. The number of hydrogen-bond acceptors (Lipinski definition) is 4. The minimum absolute atomic E-state index is 0.100. The molecule has 0 N–H and O–H groups in total. The predicted molar refractivity (Wildman–Crippen MR) is 75.3 cm³/mol. The molecule has 1 saturated heterocycles. The van der Waals surface area contributed by atoms with E-state index in [0.717, 1.165) is 26.2 Å². The molecule has 0 spiro atoms. The lowest BCUT2D eigenvalue weighted by atomic mass is 10.2. The zero-order valence-corrected chi connectivity index (χ0v) is 11.2. The Kier molecular flexibility index (Phi) is 3.62. The number of piperazine rings is 1. The molecule has 3 rings (SSSR count). The lowest BCUT2D eigenvalue weighted by Crippen LogP contribution is -2.49. The molecule has 1 fully saturated rings. The van der Waals surface area contributed by atoms with Gasteiger partial charge in [0.15, 0.2) is 0 Å². The van der Waals surface area contributed by atoms with Crippen molar-refractivity contribution in [2.45, 2.75) is 6.54 Å². The molecule has 2 aromatic rings. The Morgan fingerprint density at radius 1 is 1.10 bits per heavy atom. The van der Waals surface area contributed by atoms with Crippen molar-refractivity contribution in [3.05, 3.63) is 43.0 Å². The van der Waals surface area contributed by atoms with Gasteiger partial charge in [0, 0.05) is 31.9 Å². The van der Waals surface area contributed by atoms with Gasteiger partial charge in [-0.05, 0) is 12.1 Å². The molecule has 20 heavy (non-hydrogen) atoms. The number of nitrogens with zero attached hydrogens (tertiary/aromatic N) is 5. The van der Waals surface area contributed by atoms with Gasteiger partial charge >= 0.3 is 0 Å². The summed E-state index contributed by atoms with van der Waals surface area (Å²) < 4.78 is 1.56. The van der Waals surface area contributed by atoms with Crippen molar-refractivity contribution in [2.75, 3.05) is 31.1 Å². The summed E-state index contributed by atoms with van der Waals surface area (Å²) in [5, 5.41) is 3.96. The van der Waals surface area contributed by atoms with Crippen LogP contribution in [0.4, 0.5) is 5.69 Å². The summed E-state index contributed by atoms with van der Waals surface area (Å²) in [5.41, 5.74) is 1.22. The largest absolute Gasteiger partial charge is 0.368 e. The van der Waals surface area contributed by atoms with E-state index in [-0.39, 0.29) is 12.5 Å². The summed E-state index contributed by atoms with van der Waals surface area (Å²) in [5.74, 6) is 0.100. The van der Waals surface area contributed by atoms with Crippen LogP contribution in [0, 0.1) is 0 Å². The number of para-hydroxylation sites is 1. The fraction of sp³-hybridized carbons (Fsp3) is 0.357. The Bertz CT molecular complexity index is 546. The van der Waals surface area contributed by atoms with Crippen LogP contribution in [0.3, 0.4) is 0 Å². The fourth-order valence-corrected chi connectivity index (χ4v) is 2.41. The molecule has 1 aromatic carbocycles. The SMILES string of the molecule is O=C(Cn1cncn1)N1CCN(c2ccccc2)CC1. The van der Waals surface area contributed by atoms with Crippen LogP contribution in [0.2, 0.25) is 0 Å². The third kappa shape index (κ3) is 2.79. The van der Waals surface area contributed by atoms with E-state index in [1.807, 2.05) is 23.1 Å². The van der Waals surface area contributed by atoms with E-state index in [0.29, 0.717) is 0 Å². The molecule has 1 aliphatic rings. The Morgan fingerprint density at radius 3 is 2.50 bits per heavy atom. The Morgan fingerprint density at radius 2 is 1.85 bits per heavy atom. The number of amides is 1. The number of carbonyl (C=O) groups excluding carboxylic acids is 1. The smallest absolute Gasteiger partial charge is 0.244 e. The second kappa shape index (κ2) is 5.73. The highest BCUT2D eigenvalue weighted by atomic mass is 16.2. The van der Waals surface area contributed by atoms with E-state index >= 15 is 0 Å². The first-order valence-electron chi connectivity index (χ1n) is 6.73. The third-order valence-electron chi connectivity index (χ3n) is 3.52. The quantitative estimate of drug-likeness (QED) is 0.821. The van der Waals surface area contributed by atoms with Crippen LogP contribution in [0.5, 0.6) is 0 Å². The number of carbonyl (C=O) groups is 1. The zero-order chi connectivity index (χ0) is 13.8. The van der Waals surface area contributed by atoms with Gasteiger partial charge in [-0.25, -0.2) is 9.67 Å². The Labute approximate surface area is 117 Å². The molecule has 0 unspecified atom stereocenters. The van der Waals surface area contributed by atoms with E-state index in [1.54, 1.807) is 11.0 Å². The van der Waals surface area contributed by atoms with Crippen molar-refractivity contribution >= 4 is 11.6 Å². The minimum atomic E-state index is 0.100. The molecule has 1 aromatic heterocycles. The van der Waals surface area contributed by atoms with Crippen molar-refractivity contribution < 1.29 is 4.79 Å². The van der Waals surface area contributed by atoms with E-state index in [1.165, 1.54) is 12.0 Å². The Balaban J connectivity index is 1.54. The summed E-state index contributed by atoms with van der Waals surface area (Å²) in [4.78, 5) is 20.2. The monoisotopic (exact) mass is 271 g/mol. The fourth-order valence-electron chi connectivity index (χ4n) is 2.41. The van der Waals surface area contributed by atoms with Crippen molar-refractivity contribution in [3.8, 4) is 0 Å². The molecule has 0 saturated carbocycles. The average molecular weight is 271 g/mol. The van der Waals surface area contributed by atoms with Gasteiger partial charge in [-0.2, -0.15) is 5.10 Å².